The minimum absolute atomic E-state index is 0.234. The molecule has 1 saturated heterocycles. The summed E-state index contributed by atoms with van der Waals surface area (Å²) in [5.74, 6) is 6.22. The van der Waals surface area contributed by atoms with Crippen molar-refractivity contribution in [2.75, 3.05) is 12.4 Å². The Balaban J connectivity index is 1.54. The van der Waals surface area contributed by atoms with Gasteiger partial charge < -0.3 is 5.84 Å². The van der Waals surface area contributed by atoms with Crippen LogP contribution in [0.15, 0.2) is 53.7 Å². The van der Waals surface area contributed by atoms with Crippen LogP contribution >= 0.6 is 23.4 Å². The second-order valence-corrected chi connectivity index (χ2v) is 9.05. The predicted molar refractivity (Wildman–Crippen MR) is 121 cm³/mol. The molecule has 0 bridgehead atoms. The lowest BCUT2D eigenvalue weighted by Gasteiger charge is -2.22. The summed E-state index contributed by atoms with van der Waals surface area (Å²) < 4.78 is 1.40. The van der Waals surface area contributed by atoms with Gasteiger partial charge in [0.15, 0.2) is 5.82 Å². The van der Waals surface area contributed by atoms with Gasteiger partial charge in [-0.05, 0) is 44.0 Å². The van der Waals surface area contributed by atoms with Crippen LogP contribution in [0.25, 0.3) is 11.4 Å². The second-order valence-electron chi connectivity index (χ2n) is 7.45. The van der Waals surface area contributed by atoms with Crippen molar-refractivity contribution >= 4 is 35.2 Å². The number of nitrogens with zero attached hydrogens (tertiary/aromatic N) is 4. The third-order valence-electron chi connectivity index (χ3n) is 5.20. The molecule has 0 spiro atoms. The Hall–Kier alpha value is -2.84. The first-order valence-corrected chi connectivity index (χ1v) is 11.3. The molecular weight excluding hydrogens is 434 g/mol. The smallest absolute Gasteiger partial charge is 0.260 e. The van der Waals surface area contributed by atoms with E-state index in [0.717, 1.165) is 24.0 Å². The molecule has 3 aromatic rings. The van der Waals surface area contributed by atoms with Gasteiger partial charge in [0.05, 0.1) is 5.25 Å². The van der Waals surface area contributed by atoms with Gasteiger partial charge in [0, 0.05) is 22.7 Å². The largest absolute Gasteiger partial charge is 0.335 e. The highest BCUT2D eigenvalue weighted by Crippen LogP contribution is 2.31. The molecular formula is C22H22ClN5O2S. The van der Waals surface area contributed by atoms with Crippen molar-refractivity contribution in [3.05, 3.63) is 64.7 Å². The van der Waals surface area contributed by atoms with Crippen LogP contribution in [0.4, 0.5) is 0 Å². The van der Waals surface area contributed by atoms with Gasteiger partial charge in [-0.2, -0.15) is 0 Å². The summed E-state index contributed by atoms with van der Waals surface area (Å²) in [5.41, 5.74) is 2.42. The van der Waals surface area contributed by atoms with Crippen molar-refractivity contribution in [3.63, 3.8) is 0 Å². The third-order valence-corrected chi connectivity index (χ3v) is 6.66. The number of nitrogen functional groups attached to an aromatic ring is 1. The van der Waals surface area contributed by atoms with E-state index in [1.807, 2.05) is 31.2 Å². The lowest BCUT2D eigenvalue weighted by atomic mass is 10.1. The number of carbonyl (C=O) groups is 2. The van der Waals surface area contributed by atoms with Gasteiger partial charge in [0.1, 0.15) is 0 Å². The minimum Gasteiger partial charge on any atom is -0.335 e. The van der Waals surface area contributed by atoms with E-state index in [-0.39, 0.29) is 11.8 Å². The van der Waals surface area contributed by atoms with E-state index < -0.39 is 5.25 Å². The SMILES string of the molecule is Cc1ccc(-c2nnc(SC3CCCCN(C(=O)c4ccc(Cl)cc4)C3=O)n2N)cc1. The number of amides is 2. The molecule has 7 nitrogen and oxygen atoms in total. The number of imide groups is 1. The average molecular weight is 456 g/mol. The molecule has 1 fully saturated rings. The van der Waals surface area contributed by atoms with Gasteiger partial charge in [-0.1, -0.05) is 59.6 Å². The van der Waals surface area contributed by atoms with Gasteiger partial charge in [0.2, 0.25) is 11.1 Å². The van der Waals surface area contributed by atoms with Crippen molar-refractivity contribution in [1.82, 2.24) is 19.8 Å². The summed E-state index contributed by atoms with van der Waals surface area (Å²) >= 11 is 7.17. The van der Waals surface area contributed by atoms with E-state index in [0.29, 0.717) is 34.5 Å². The molecule has 31 heavy (non-hydrogen) atoms. The van der Waals surface area contributed by atoms with Crippen molar-refractivity contribution in [1.29, 1.82) is 0 Å². The van der Waals surface area contributed by atoms with Crippen molar-refractivity contribution in [3.8, 4) is 11.4 Å². The maximum atomic E-state index is 13.2. The number of halogens is 1. The monoisotopic (exact) mass is 455 g/mol. The first-order chi connectivity index (χ1) is 14.9. The van der Waals surface area contributed by atoms with Crippen LogP contribution in [0.1, 0.15) is 35.2 Å². The molecule has 1 aliphatic heterocycles. The highest BCUT2D eigenvalue weighted by atomic mass is 35.5. The number of aromatic nitrogens is 3. The Bertz CT molecular complexity index is 1100. The topological polar surface area (TPSA) is 94.1 Å². The van der Waals surface area contributed by atoms with Gasteiger partial charge in [0.25, 0.3) is 5.91 Å². The molecule has 0 radical (unpaired) electrons. The minimum atomic E-state index is -0.462. The van der Waals surface area contributed by atoms with Crippen LogP contribution in [-0.4, -0.2) is 43.4 Å². The van der Waals surface area contributed by atoms with E-state index in [2.05, 4.69) is 10.2 Å². The summed E-state index contributed by atoms with van der Waals surface area (Å²) in [6, 6.07) is 14.4. The number of hydrogen-bond donors (Lipinski definition) is 1. The zero-order valence-electron chi connectivity index (χ0n) is 17.0. The summed E-state index contributed by atoms with van der Waals surface area (Å²) in [5, 5.41) is 8.91. The first-order valence-electron chi connectivity index (χ1n) is 9.99. The highest BCUT2D eigenvalue weighted by Gasteiger charge is 2.33. The van der Waals surface area contributed by atoms with Crippen molar-refractivity contribution in [2.45, 2.75) is 36.6 Å². The van der Waals surface area contributed by atoms with Crippen LogP contribution in [0.5, 0.6) is 0 Å². The first kappa shape index (κ1) is 21.4. The van der Waals surface area contributed by atoms with E-state index in [1.54, 1.807) is 24.3 Å². The number of carbonyl (C=O) groups excluding carboxylic acids is 2. The number of thioether (sulfide) groups is 1. The fourth-order valence-corrected chi connectivity index (χ4v) is 4.63. The lowest BCUT2D eigenvalue weighted by Crippen LogP contribution is -2.41. The number of likely N-dealkylation sites (tertiary alicyclic amines) is 1. The third kappa shape index (κ3) is 4.60. The summed E-state index contributed by atoms with van der Waals surface area (Å²) in [6.45, 7) is 2.40. The standard InChI is InChI=1S/C22H22ClN5O2S/c1-14-5-7-15(8-6-14)19-25-26-22(28(19)24)31-18-4-2-3-13-27(21(18)30)20(29)16-9-11-17(23)12-10-16/h5-12,18H,2-4,13,24H2,1H3. The molecule has 2 amide bonds. The number of rotatable bonds is 4. The van der Waals surface area contributed by atoms with Crippen LogP contribution in [-0.2, 0) is 4.79 Å². The molecule has 1 aliphatic rings. The Morgan fingerprint density at radius 3 is 2.52 bits per heavy atom. The maximum Gasteiger partial charge on any atom is 0.260 e. The van der Waals surface area contributed by atoms with Crippen LogP contribution in [0.3, 0.4) is 0 Å². The number of benzene rings is 2. The molecule has 4 rings (SSSR count). The molecule has 1 atom stereocenters. The van der Waals surface area contributed by atoms with E-state index in [4.69, 9.17) is 17.4 Å². The Morgan fingerprint density at radius 2 is 1.81 bits per heavy atom. The summed E-state index contributed by atoms with van der Waals surface area (Å²) in [4.78, 5) is 27.5. The molecule has 160 valence electrons. The van der Waals surface area contributed by atoms with Gasteiger partial charge in [-0.25, -0.2) is 4.68 Å². The fourth-order valence-electron chi connectivity index (χ4n) is 3.45. The Kier molecular flexibility index (Phi) is 6.29. The summed E-state index contributed by atoms with van der Waals surface area (Å²) in [6.07, 6.45) is 2.23. The Morgan fingerprint density at radius 1 is 1.10 bits per heavy atom. The molecule has 1 unspecified atom stereocenters. The number of aryl methyl sites for hydroxylation is 1. The molecule has 0 saturated carbocycles. The molecule has 9 heteroatoms. The predicted octanol–water partition coefficient (Wildman–Crippen LogP) is 3.93. The lowest BCUT2D eigenvalue weighted by molar-refractivity contribution is -0.127. The second kappa shape index (κ2) is 9.11. The fraction of sp³-hybridized carbons (Fsp3) is 0.273. The van der Waals surface area contributed by atoms with E-state index in [1.165, 1.54) is 21.3 Å². The quantitative estimate of drug-likeness (QED) is 0.473. The van der Waals surface area contributed by atoms with E-state index in [9.17, 15) is 9.59 Å². The number of hydrogen-bond acceptors (Lipinski definition) is 6. The average Bonchev–Trinajstić information content (AvgIpc) is 3.02. The maximum absolute atomic E-state index is 13.2. The molecule has 1 aromatic heterocycles. The highest BCUT2D eigenvalue weighted by molar-refractivity contribution is 8.00. The van der Waals surface area contributed by atoms with Crippen LogP contribution in [0.2, 0.25) is 5.02 Å². The normalized spacial score (nSPS) is 16.9. The van der Waals surface area contributed by atoms with Crippen molar-refractivity contribution in [2.24, 2.45) is 0 Å². The van der Waals surface area contributed by atoms with Crippen LogP contribution in [0, 0.1) is 6.92 Å². The van der Waals surface area contributed by atoms with Crippen LogP contribution < -0.4 is 5.84 Å². The van der Waals surface area contributed by atoms with Gasteiger partial charge in [-0.15, -0.1) is 10.2 Å². The zero-order chi connectivity index (χ0) is 22.0. The Labute approximate surface area is 189 Å². The molecule has 2 aromatic carbocycles. The zero-order valence-corrected chi connectivity index (χ0v) is 18.6. The summed E-state index contributed by atoms with van der Waals surface area (Å²) in [7, 11) is 0. The van der Waals surface area contributed by atoms with E-state index >= 15 is 0 Å². The van der Waals surface area contributed by atoms with Gasteiger partial charge >= 0.3 is 0 Å². The number of nitrogens with two attached hydrogens (primary N) is 1. The van der Waals surface area contributed by atoms with Crippen molar-refractivity contribution < 1.29 is 9.59 Å². The molecule has 2 heterocycles. The van der Waals surface area contributed by atoms with Gasteiger partial charge in [-0.3, -0.25) is 14.5 Å². The molecule has 0 aliphatic carbocycles. The molecule has 2 N–H and O–H groups in total.